The summed E-state index contributed by atoms with van der Waals surface area (Å²) in [4.78, 5) is 2.53. The van der Waals surface area contributed by atoms with E-state index in [0.717, 1.165) is 19.6 Å². The second-order valence-corrected chi connectivity index (χ2v) is 9.55. The van der Waals surface area contributed by atoms with Crippen LogP contribution in [0, 0.1) is 6.92 Å². The van der Waals surface area contributed by atoms with Crippen molar-refractivity contribution in [3.63, 3.8) is 0 Å². The van der Waals surface area contributed by atoms with Gasteiger partial charge in [0.25, 0.3) is 0 Å². The van der Waals surface area contributed by atoms with Gasteiger partial charge in [-0.25, -0.2) is 0 Å². The average Bonchev–Trinajstić information content (AvgIpc) is 2.35. The number of anilines is 1. The number of nitrogens with zero attached hydrogens (tertiary/aromatic N) is 1. The summed E-state index contributed by atoms with van der Waals surface area (Å²) in [6.07, 6.45) is 0. The second-order valence-electron chi connectivity index (χ2n) is 7.74. The summed E-state index contributed by atoms with van der Waals surface area (Å²) in [6.45, 7) is 16.8. The number of hydrogen-bond donors (Lipinski definition) is 1. The predicted molar refractivity (Wildman–Crippen MR) is 96.5 cm³/mol. The van der Waals surface area contributed by atoms with Gasteiger partial charge in [-0.2, -0.15) is 11.8 Å². The SMILES string of the molecule is Cc1cc(N2CCSC(C)(C)C2)ccc1CNC(C)(C)C. The van der Waals surface area contributed by atoms with Crippen LogP contribution < -0.4 is 10.2 Å². The highest BCUT2D eigenvalue weighted by atomic mass is 32.2. The number of nitrogens with one attached hydrogen (secondary N) is 1. The summed E-state index contributed by atoms with van der Waals surface area (Å²) in [5, 5.41) is 3.57. The molecule has 0 amide bonds. The van der Waals surface area contributed by atoms with E-state index in [0.29, 0.717) is 4.75 Å². The van der Waals surface area contributed by atoms with E-state index in [-0.39, 0.29) is 5.54 Å². The molecule has 1 heterocycles. The summed E-state index contributed by atoms with van der Waals surface area (Å²) >= 11 is 2.09. The van der Waals surface area contributed by atoms with Crippen molar-refractivity contribution < 1.29 is 0 Å². The van der Waals surface area contributed by atoms with Gasteiger partial charge < -0.3 is 10.2 Å². The highest BCUT2D eigenvalue weighted by Crippen LogP contribution is 2.32. The molecular formula is C18H30N2S. The molecule has 1 fully saturated rings. The molecule has 1 aromatic carbocycles. The molecule has 1 aliphatic heterocycles. The molecule has 0 saturated carbocycles. The minimum atomic E-state index is 0.166. The highest BCUT2D eigenvalue weighted by Gasteiger charge is 2.27. The molecule has 21 heavy (non-hydrogen) atoms. The zero-order chi connectivity index (χ0) is 15.7. The second kappa shape index (κ2) is 6.21. The Kier molecular flexibility index (Phi) is 4.94. The Balaban J connectivity index is 2.08. The minimum Gasteiger partial charge on any atom is -0.369 e. The quantitative estimate of drug-likeness (QED) is 0.900. The Hall–Kier alpha value is -0.670. The van der Waals surface area contributed by atoms with Crippen LogP contribution in [0.2, 0.25) is 0 Å². The lowest BCUT2D eigenvalue weighted by Gasteiger charge is -2.39. The first-order chi connectivity index (χ1) is 9.66. The molecule has 2 nitrogen and oxygen atoms in total. The molecule has 1 saturated heterocycles. The fraction of sp³-hybridized carbons (Fsp3) is 0.667. The van der Waals surface area contributed by atoms with E-state index in [1.807, 2.05) is 0 Å². The van der Waals surface area contributed by atoms with Gasteiger partial charge in [-0.05, 0) is 64.8 Å². The van der Waals surface area contributed by atoms with Crippen LogP contribution in [0.5, 0.6) is 0 Å². The maximum atomic E-state index is 3.57. The van der Waals surface area contributed by atoms with Gasteiger partial charge in [-0.15, -0.1) is 0 Å². The topological polar surface area (TPSA) is 15.3 Å². The molecule has 0 atom stereocenters. The van der Waals surface area contributed by atoms with Gasteiger partial charge in [0.1, 0.15) is 0 Å². The van der Waals surface area contributed by atoms with Gasteiger partial charge in [0.2, 0.25) is 0 Å². The van der Waals surface area contributed by atoms with Gasteiger partial charge in [-0.1, -0.05) is 6.07 Å². The molecule has 1 aromatic rings. The molecule has 2 rings (SSSR count). The summed E-state index contributed by atoms with van der Waals surface area (Å²) < 4.78 is 0.360. The molecule has 0 unspecified atom stereocenters. The van der Waals surface area contributed by atoms with Crippen molar-refractivity contribution in [2.75, 3.05) is 23.7 Å². The van der Waals surface area contributed by atoms with Crippen LogP contribution in [-0.2, 0) is 6.54 Å². The fourth-order valence-electron chi connectivity index (χ4n) is 2.67. The van der Waals surface area contributed by atoms with Gasteiger partial charge in [0, 0.05) is 41.4 Å². The number of rotatable bonds is 3. The monoisotopic (exact) mass is 306 g/mol. The van der Waals surface area contributed by atoms with Crippen LogP contribution in [-0.4, -0.2) is 29.1 Å². The molecule has 0 radical (unpaired) electrons. The molecule has 0 bridgehead atoms. The smallest absolute Gasteiger partial charge is 0.0369 e. The van der Waals surface area contributed by atoms with E-state index in [4.69, 9.17) is 0 Å². The largest absolute Gasteiger partial charge is 0.369 e. The fourth-order valence-corrected chi connectivity index (χ4v) is 3.78. The third-order valence-electron chi connectivity index (χ3n) is 3.93. The summed E-state index contributed by atoms with van der Waals surface area (Å²) in [5.41, 5.74) is 4.33. The Morgan fingerprint density at radius 2 is 2.00 bits per heavy atom. The van der Waals surface area contributed by atoms with Gasteiger partial charge in [0.05, 0.1) is 0 Å². The lowest BCUT2D eigenvalue weighted by Crippen LogP contribution is -2.43. The zero-order valence-corrected chi connectivity index (χ0v) is 15.2. The maximum Gasteiger partial charge on any atom is 0.0369 e. The molecule has 118 valence electrons. The number of benzene rings is 1. The van der Waals surface area contributed by atoms with Gasteiger partial charge >= 0.3 is 0 Å². The first-order valence-electron chi connectivity index (χ1n) is 7.90. The third-order valence-corrected chi connectivity index (χ3v) is 5.22. The van der Waals surface area contributed by atoms with Crippen LogP contribution in [0.4, 0.5) is 5.69 Å². The number of thioether (sulfide) groups is 1. The number of aryl methyl sites for hydroxylation is 1. The lowest BCUT2D eigenvalue weighted by atomic mass is 10.0. The Morgan fingerprint density at radius 3 is 2.57 bits per heavy atom. The summed E-state index contributed by atoms with van der Waals surface area (Å²) in [7, 11) is 0. The summed E-state index contributed by atoms with van der Waals surface area (Å²) in [5.74, 6) is 1.22. The van der Waals surface area contributed by atoms with Gasteiger partial charge in [0.15, 0.2) is 0 Å². The first-order valence-corrected chi connectivity index (χ1v) is 8.88. The van der Waals surface area contributed by atoms with Crippen LogP contribution >= 0.6 is 11.8 Å². The first kappa shape index (κ1) is 16.7. The maximum absolute atomic E-state index is 3.57. The normalized spacial score (nSPS) is 18.9. The van der Waals surface area contributed by atoms with E-state index < -0.39 is 0 Å². The van der Waals surface area contributed by atoms with Crippen LogP contribution in [0.25, 0.3) is 0 Å². The van der Waals surface area contributed by atoms with E-state index >= 15 is 0 Å². The van der Waals surface area contributed by atoms with Crippen LogP contribution in [0.3, 0.4) is 0 Å². The van der Waals surface area contributed by atoms with E-state index in [9.17, 15) is 0 Å². The van der Waals surface area contributed by atoms with Crippen molar-refractivity contribution >= 4 is 17.4 Å². The Bertz CT molecular complexity index is 488. The Morgan fingerprint density at radius 1 is 1.29 bits per heavy atom. The molecule has 0 spiro atoms. The lowest BCUT2D eigenvalue weighted by molar-refractivity contribution is 0.424. The van der Waals surface area contributed by atoms with Crippen LogP contribution in [0.1, 0.15) is 45.7 Å². The standard InChI is InChI=1S/C18H30N2S/c1-14-11-16(20-9-10-21-18(5,6)13-20)8-7-15(14)12-19-17(2,3)4/h7-8,11,19H,9-10,12-13H2,1-6H3. The van der Waals surface area contributed by atoms with E-state index in [2.05, 4.69) is 81.7 Å². The third kappa shape index (κ3) is 4.93. The molecule has 0 aliphatic carbocycles. The van der Waals surface area contributed by atoms with Crippen molar-refractivity contribution in [2.45, 2.75) is 58.4 Å². The molecule has 1 aliphatic rings. The van der Waals surface area contributed by atoms with Crippen molar-refractivity contribution in [1.29, 1.82) is 0 Å². The molecule has 3 heteroatoms. The zero-order valence-electron chi connectivity index (χ0n) is 14.4. The molecular weight excluding hydrogens is 276 g/mol. The highest BCUT2D eigenvalue weighted by molar-refractivity contribution is 8.00. The predicted octanol–water partition coefficient (Wildman–Crippen LogP) is 4.21. The van der Waals surface area contributed by atoms with E-state index in [1.54, 1.807) is 0 Å². The number of hydrogen-bond acceptors (Lipinski definition) is 3. The van der Waals surface area contributed by atoms with Crippen molar-refractivity contribution in [2.24, 2.45) is 0 Å². The molecule has 1 N–H and O–H groups in total. The van der Waals surface area contributed by atoms with Crippen molar-refractivity contribution in [1.82, 2.24) is 5.32 Å². The van der Waals surface area contributed by atoms with Crippen molar-refractivity contribution in [3.8, 4) is 0 Å². The summed E-state index contributed by atoms with van der Waals surface area (Å²) in [6, 6.07) is 6.93. The van der Waals surface area contributed by atoms with Crippen molar-refractivity contribution in [3.05, 3.63) is 29.3 Å². The van der Waals surface area contributed by atoms with Gasteiger partial charge in [-0.3, -0.25) is 0 Å². The Labute approximate surface area is 134 Å². The van der Waals surface area contributed by atoms with Crippen LogP contribution in [0.15, 0.2) is 18.2 Å². The minimum absolute atomic E-state index is 0.166. The molecule has 0 aromatic heterocycles. The van der Waals surface area contributed by atoms with E-state index in [1.165, 1.54) is 22.6 Å². The average molecular weight is 307 g/mol.